The minimum Gasteiger partial charge on any atom is -0.464 e. The Bertz CT molecular complexity index is 238. The van der Waals surface area contributed by atoms with Crippen molar-refractivity contribution in [2.75, 3.05) is 7.11 Å². The van der Waals surface area contributed by atoms with Gasteiger partial charge in [-0.3, -0.25) is 0 Å². The molecule has 0 unspecified atom stereocenters. The van der Waals surface area contributed by atoms with Gasteiger partial charge in [0.05, 0.1) is 7.11 Å². The normalized spacial score (nSPS) is 15.5. The Hall–Kier alpha value is -1.38. The second-order valence-electron chi connectivity index (χ2n) is 2.03. The molecule has 0 aromatic rings. The number of allylic oxidation sites excluding steroid dienone is 2. The third-order valence-electron chi connectivity index (χ3n) is 1.26. The summed E-state index contributed by atoms with van der Waals surface area (Å²) in [6.45, 7) is 0. The summed E-state index contributed by atoms with van der Waals surface area (Å²) in [5.41, 5.74) is 0.348. The van der Waals surface area contributed by atoms with E-state index in [4.69, 9.17) is 0 Å². The van der Waals surface area contributed by atoms with Gasteiger partial charge >= 0.3 is 5.97 Å². The third-order valence-corrected chi connectivity index (χ3v) is 1.26. The molecule has 58 valence electrons. The Morgan fingerprint density at radius 2 is 2.45 bits per heavy atom. The summed E-state index contributed by atoms with van der Waals surface area (Å²) < 4.78 is 4.49. The van der Waals surface area contributed by atoms with Crippen LogP contribution in [0.4, 0.5) is 0 Å². The number of methoxy groups -OCH3 is 1. The smallest absolute Gasteiger partial charge is 0.356 e. The molecule has 0 amide bonds. The van der Waals surface area contributed by atoms with Gasteiger partial charge in [0.2, 0.25) is 0 Å². The van der Waals surface area contributed by atoms with E-state index in [1.54, 1.807) is 12.3 Å². The molecule has 11 heavy (non-hydrogen) atoms. The quantitative estimate of drug-likeness (QED) is 0.526. The zero-order valence-electron chi connectivity index (χ0n) is 6.28. The monoisotopic (exact) mass is 151 g/mol. The van der Waals surface area contributed by atoms with Crippen LogP contribution in [0.15, 0.2) is 29.4 Å². The fourth-order valence-corrected chi connectivity index (χ4v) is 0.720. The summed E-state index contributed by atoms with van der Waals surface area (Å²) >= 11 is 0. The van der Waals surface area contributed by atoms with Gasteiger partial charge in [-0.15, -0.1) is 0 Å². The summed E-state index contributed by atoms with van der Waals surface area (Å²) in [4.78, 5) is 14.8. The van der Waals surface area contributed by atoms with Crippen LogP contribution in [0.25, 0.3) is 0 Å². The van der Waals surface area contributed by atoms with E-state index in [-0.39, 0.29) is 0 Å². The number of esters is 1. The second kappa shape index (κ2) is 3.71. The van der Waals surface area contributed by atoms with Crippen LogP contribution in [0.1, 0.15) is 6.42 Å². The highest BCUT2D eigenvalue weighted by Gasteiger charge is 2.06. The molecule has 0 spiro atoms. The lowest BCUT2D eigenvalue weighted by molar-refractivity contribution is -0.132. The van der Waals surface area contributed by atoms with E-state index in [9.17, 15) is 4.79 Å². The van der Waals surface area contributed by atoms with Crippen LogP contribution >= 0.6 is 0 Å². The minimum atomic E-state index is -0.396. The molecule has 0 saturated carbocycles. The number of ether oxygens (including phenoxy) is 1. The van der Waals surface area contributed by atoms with Gasteiger partial charge in [-0.2, -0.15) is 0 Å². The zero-order valence-corrected chi connectivity index (χ0v) is 6.28. The number of aliphatic imine (C=N–C) groups is 1. The maximum Gasteiger partial charge on any atom is 0.356 e. The summed E-state index contributed by atoms with van der Waals surface area (Å²) in [6.07, 6.45) is 7.80. The molecule has 0 radical (unpaired) electrons. The largest absolute Gasteiger partial charge is 0.464 e. The molecule has 0 atom stereocenters. The van der Waals surface area contributed by atoms with Crippen molar-refractivity contribution in [3.8, 4) is 0 Å². The van der Waals surface area contributed by atoms with E-state index in [1.807, 2.05) is 12.2 Å². The van der Waals surface area contributed by atoms with Gasteiger partial charge in [-0.25, -0.2) is 9.79 Å². The van der Waals surface area contributed by atoms with E-state index in [0.29, 0.717) is 5.71 Å². The molecule has 1 heterocycles. The summed E-state index contributed by atoms with van der Waals surface area (Å²) in [5.74, 6) is -0.396. The van der Waals surface area contributed by atoms with E-state index in [0.717, 1.165) is 6.42 Å². The number of nitrogens with zero attached hydrogens (tertiary/aromatic N) is 1. The van der Waals surface area contributed by atoms with Crippen LogP contribution in [0.2, 0.25) is 0 Å². The van der Waals surface area contributed by atoms with E-state index < -0.39 is 5.97 Å². The van der Waals surface area contributed by atoms with Gasteiger partial charge in [0.15, 0.2) is 0 Å². The van der Waals surface area contributed by atoms with Gasteiger partial charge in [-0.1, -0.05) is 12.2 Å². The van der Waals surface area contributed by atoms with Crippen LogP contribution in [-0.2, 0) is 9.53 Å². The van der Waals surface area contributed by atoms with Crippen molar-refractivity contribution in [3.05, 3.63) is 24.4 Å². The number of hydrogen-bond donors (Lipinski definition) is 0. The van der Waals surface area contributed by atoms with Crippen molar-refractivity contribution in [3.63, 3.8) is 0 Å². The maximum atomic E-state index is 10.9. The fourth-order valence-electron chi connectivity index (χ4n) is 0.720. The molecular formula is C8H9NO2. The van der Waals surface area contributed by atoms with E-state index in [2.05, 4.69) is 9.73 Å². The molecule has 0 saturated heterocycles. The molecule has 3 nitrogen and oxygen atoms in total. The van der Waals surface area contributed by atoms with Crippen LogP contribution in [-0.4, -0.2) is 18.8 Å². The minimum absolute atomic E-state index is 0.348. The zero-order chi connectivity index (χ0) is 8.10. The first-order chi connectivity index (χ1) is 5.34. The van der Waals surface area contributed by atoms with Gasteiger partial charge in [0.1, 0.15) is 5.71 Å². The molecule has 0 aliphatic carbocycles. The Kier molecular flexibility index (Phi) is 2.60. The Labute approximate surface area is 65.1 Å². The first-order valence-corrected chi connectivity index (χ1v) is 3.32. The highest BCUT2D eigenvalue weighted by molar-refractivity contribution is 6.41. The van der Waals surface area contributed by atoms with Crippen molar-refractivity contribution in [1.29, 1.82) is 0 Å². The molecule has 0 fully saturated rings. The first kappa shape index (κ1) is 7.72. The van der Waals surface area contributed by atoms with Gasteiger partial charge < -0.3 is 4.74 Å². The molecular weight excluding hydrogens is 142 g/mol. The van der Waals surface area contributed by atoms with Crippen molar-refractivity contribution >= 4 is 11.7 Å². The average Bonchev–Trinajstić information content (AvgIpc) is 2.30. The Morgan fingerprint density at radius 1 is 1.64 bits per heavy atom. The molecule has 1 aliphatic heterocycles. The van der Waals surface area contributed by atoms with Crippen LogP contribution in [0.5, 0.6) is 0 Å². The highest BCUT2D eigenvalue weighted by Crippen LogP contribution is 1.96. The van der Waals surface area contributed by atoms with Gasteiger partial charge in [-0.05, 0) is 12.5 Å². The lowest BCUT2D eigenvalue weighted by Crippen LogP contribution is -2.12. The highest BCUT2D eigenvalue weighted by atomic mass is 16.5. The lowest BCUT2D eigenvalue weighted by atomic mass is 10.3. The molecule has 0 bridgehead atoms. The molecule has 0 aromatic heterocycles. The summed E-state index contributed by atoms with van der Waals surface area (Å²) in [5, 5.41) is 0. The van der Waals surface area contributed by atoms with Crippen LogP contribution in [0, 0.1) is 0 Å². The molecule has 1 aliphatic rings. The topological polar surface area (TPSA) is 38.7 Å². The second-order valence-corrected chi connectivity index (χ2v) is 2.03. The number of carbonyl (C=O) groups excluding carboxylic acids is 1. The molecule has 0 N–H and O–H groups in total. The maximum absolute atomic E-state index is 10.9. The van der Waals surface area contributed by atoms with Crippen LogP contribution in [0.3, 0.4) is 0 Å². The van der Waals surface area contributed by atoms with Crippen molar-refractivity contribution in [1.82, 2.24) is 0 Å². The predicted octanol–water partition coefficient (Wildman–Crippen LogP) is 1.07. The number of rotatable bonds is 1. The molecule has 3 heteroatoms. The van der Waals surface area contributed by atoms with Gasteiger partial charge in [0, 0.05) is 6.20 Å². The van der Waals surface area contributed by atoms with Gasteiger partial charge in [0.25, 0.3) is 0 Å². The van der Waals surface area contributed by atoms with Crippen molar-refractivity contribution in [2.45, 2.75) is 6.42 Å². The summed E-state index contributed by atoms with van der Waals surface area (Å²) in [7, 11) is 1.34. The van der Waals surface area contributed by atoms with E-state index >= 15 is 0 Å². The Balaban J connectivity index is 2.77. The standard InChI is InChI=1S/C8H9NO2/c1-11-8(10)7-5-3-2-4-6-9-7/h3-6H,2H2,1H3. The molecule has 1 rings (SSSR count). The third kappa shape index (κ3) is 2.04. The van der Waals surface area contributed by atoms with Crippen LogP contribution < -0.4 is 0 Å². The predicted molar refractivity (Wildman–Crippen MR) is 42.3 cm³/mol. The first-order valence-electron chi connectivity index (χ1n) is 3.32. The SMILES string of the molecule is COC(=O)C1=NC=CCC=C1. The number of hydrogen-bond acceptors (Lipinski definition) is 3. The fraction of sp³-hybridized carbons (Fsp3) is 0.250. The summed E-state index contributed by atoms with van der Waals surface area (Å²) in [6, 6.07) is 0. The number of carbonyl (C=O) groups is 1. The van der Waals surface area contributed by atoms with Crippen molar-refractivity contribution in [2.24, 2.45) is 4.99 Å². The van der Waals surface area contributed by atoms with Crippen molar-refractivity contribution < 1.29 is 9.53 Å². The average molecular weight is 151 g/mol. The lowest BCUT2D eigenvalue weighted by Gasteiger charge is -1.94. The molecule has 0 aromatic carbocycles. The Morgan fingerprint density at radius 3 is 3.18 bits per heavy atom. The van der Waals surface area contributed by atoms with E-state index in [1.165, 1.54) is 7.11 Å².